The van der Waals surface area contributed by atoms with E-state index in [2.05, 4.69) is 45.3 Å². The molecule has 0 rings (SSSR count). The summed E-state index contributed by atoms with van der Waals surface area (Å²) in [5.41, 5.74) is -0.0697. The van der Waals surface area contributed by atoms with E-state index in [4.69, 9.17) is 9.47 Å². The van der Waals surface area contributed by atoms with E-state index in [-0.39, 0.29) is 22.8 Å². The number of nitrogens with one attached hydrogen (secondary N) is 2. The third-order valence-electron chi connectivity index (χ3n) is 3.35. The zero-order valence-electron chi connectivity index (χ0n) is 18.3. The number of carbonyl (C=O) groups excluding carboxylic acids is 1. The maximum absolute atomic E-state index is 12.0. The molecule has 25 heavy (non-hydrogen) atoms. The average Bonchev–Trinajstić information content (AvgIpc) is 2.50. The molecule has 0 fully saturated rings. The minimum absolute atomic E-state index is 0.0536. The van der Waals surface area contributed by atoms with Crippen LogP contribution in [0.4, 0.5) is 0 Å². The first-order chi connectivity index (χ1) is 11.6. The van der Waals surface area contributed by atoms with Crippen LogP contribution in [0.25, 0.3) is 0 Å². The minimum Gasteiger partial charge on any atom is -0.380 e. The predicted octanol–water partition coefficient (Wildman–Crippen LogP) is 3.62. The lowest BCUT2D eigenvalue weighted by Gasteiger charge is -2.29. The molecule has 0 aromatic rings. The molecule has 0 heterocycles. The van der Waals surface area contributed by atoms with Gasteiger partial charge in [0.15, 0.2) is 0 Å². The first-order valence-electron chi connectivity index (χ1n) is 9.75. The van der Waals surface area contributed by atoms with E-state index in [9.17, 15) is 4.79 Å². The molecule has 0 aromatic heterocycles. The molecule has 0 saturated heterocycles. The van der Waals surface area contributed by atoms with Crippen LogP contribution in [0.2, 0.25) is 0 Å². The maximum Gasteiger partial charge on any atom is 0.220 e. The topological polar surface area (TPSA) is 59.6 Å². The summed E-state index contributed by atoms with van der Waals surface area (Å²) in [6.45, 7) is 22.9. The Morgan fingerprint density at radius 1 is 1.04 bits per heavy atom. The second-order valence-electron chi connectivity index (χ2n) is 8.05. The molecule has 152 valence electrons. The second kappa shape index (κ2) is 14.5. The Morgan fingerprint density at radius 2 is 1.60 bits per heavy atom. The van der Waals surface area contributed by atoms with Crippen LogP contribution < -0.4 is 10.6 Å². The zero-order chi connectivity index (χ0) is 19.9. The van der Waals surface area contributed by atoms with Gasteiger partial charge in [-0.1, -0.05) is 48.5 Å². The first kappa shape index (κ1) is 26.6. The van der Waals surface area contributed by atoms with Gasteiger partial charge in [0.2, 0.25) is 5.91 Å². The van der Waals surface area contributed by atoms with Gasteiger partial charge in [-0.25, -0.2) is 0 Å². The summed E-state index contributed by atoms with van der Waals surface area (Å²) >= 11 is 0. The summed E-state index contributed by atoms with van der Waals surface area (Å²) in [4.78, 5) is 12.0. The van der Waals surface area contributed by atoms with E-state index >= 15 is 0 Å². The lowest BCUT2D eigenvalue weighted by atomic mass is 9.89. The van der Waals surface area contributed by atoms with Gasteiger partial charge in [-0.3, -0.25) is 4.79 Å². The SMILES string of the molecule is CC.CCNCC(C)(C)COCC(C)(C)CC(=O)NCCOC(C)C. The van der Waals surface area contributed by atoms with Crippen molar-refractivity contribution in [2.24, 2.45) is 10.8 Å². The lowest BCUT2D eigenvalue weighted by molar-refractivity contribution is -0.124. The molecule has 0 aliphatic heterocycles. The third-order valence-corrected chi connectivity index (χ3v) is 3.35. The van der Waals surface area contributed by atoms with Crippen molar-refractivity contribution in [1.82, 2.24) is 10.6 Å². The number of hydrogen-bond acceptors (Lipinski definition) is 4. The number of ether oxygens (including phenoxy) is 2. The van der Waals surface area contributed by atoms with Crippen LogP contribution in [0, 0.1) is 10.8 Å². The summed E-state index contributed by atoms with van der Waals surface area (Å²) in [5.74, 6) is 0.0536. The highest BCUT2D eigenvalue weighted by Gasteiger charge is 2.24. The van der Waals surface area contributed by atoms with Gasteiger partial charge in [0.25, 0.3) is 0 Å². The summed E-state index contributed by atoms with van der Waals surface area (Å²) in [6, 6.07) is 0. The highest BCUT2D eigenvalue weighted by atomic mass is 16.5. The van der Waals surface area contributed by atoms with Gasteiger partial charge in [-0.05, 0) is 25.8 Å². The molecule has 0 aliphatic carbocycles. The predicted molar refractivity (Wildman–Crippen MR) is 107 cm³/mol. The molecule has 0 unspecified atom stereocenters. The van der Waals surface area contributed by atoms with Crippen LogP contribution in [0.1, 0.15) is 68.7 Å². The standard InChI is InChI=1S/C18H38N2O3.C2H6/c1-8-19-12-18(6,7)14-22-13-17(4,5)11-16(21)20-9-10-23-15(2)3;1-2/h15,19H,8-14H2,1-7H3,(H,20,21);1-2H3. The number of hydrogen-bond donors (Lipinski definition) is 2. The van der Waals surface area contributed by atoms with Crippen LogP contribution >= 0.6 is 0 Å². The lowest BCUT2D eigenvalue weighted by Crippen LogP contribution is -2.36. The molecule has 0 atom stereocenters. The second-order valence-corrected chi connectivity index (χ2v) is 8.05. The zero-order valence-corrected chi connectivity index (χ0v) is 18.3. The van der Waals surface area contributed by atoms with Crippen molar-refractivity contribution < 1.29 is 14.3 Å². The number of amides is 1. The fourth-order valence-electron chi connectivity index (χ4n) is 2.15. The molecule has 0 aromatic carbocycles. The first-order valence-corrected chi connectivity index (χ1v) is 9.75. The fraction of sp³-hybridized carbons (Fsp3) is 0.950. The van der Waals surface area contributed by atoms with Crippen LogP contribution in [0.15, 0.2) is 0 Å². The monoisotopic (exact) mass is 360 g/mol. The van der Waals surface area contributed by atoms with E-state index in [1.54, 1.807) is 0 Å². The Bertz CT molecular complexity index is 329. The van der Waals surface area contributed by atoms with Crippen molar-refractivity contribution in [2.75, 3.05) is 39.5 Å². The Kier molecular flexibility index (Phi) is 15.4. The highest BCUT2D eigenvalue weighted by Crippen LogP contribution is 2.22. The van der Waals surface area contributed by atoms with E-state index in [1.165, 1.54) is 0 Å². The Hall–Kier alpha value is -0.650. The third kappa shape index (κ3) is 18.0. The molecule has 2 N–H and O–H groups in total. The molecule has 0 saturated carbocycles. The largest absolute Gasteiger partial charge is 0.380 e. The Labute approximate surface area is 156 Å². The van der Waals surface area contributed by atoms with E-state index in [1.807, 2.05) is 27.7 Å². The van der Waals surface area contributed by atoms with Crippen molar-refractivity contribution >= 4 is 5.91 Å². The highest BCUT2D eigenvalue weighted by molar-refractivity contribution is 5.76. The van der Waals surface area contributed by atoms with Gasteiger partial charge in [0, 0.05) is 24.9 Å². The van der Waals surface area contributed by atoms with Crippen LogP contribution in [0.3, 0.4) is 0 Å². The summed E-state index contributed by atoms with van der Waals surface area (Å²) in [7, 11) is 0. The molecule has 0 bridgehead atoms. The molecule has 0 spiro atoms. The molecule has 0 radical (unpaired) electrons. The molecular weight excluding hydrogens is 316 g/mol. The number of carbonyl (C=O) groups is 1. The normalized spacial score (nSPS) is 11.9. The number of rotatable bonds is 13. The van der Waals surface area contributed by atoms with Crippen LogP contribution in [0.5, 0.6) is 0 Å². The maximum atomic E-state index is 12.0. The van der Waals surface area contributed by atoms with Crippen molar-refractivity contribution in [3.8, 4) is 0 Å². The van der Waals surface area contributed by atoms with Crippen molar-refractivity contribution in [2.45, 2.75) is 74.8 Å². The van der Waals surface area contributed by atoms with Gasteiger partial charge < -0.3 is 20.1 Å². The van der Waals surface area contributed by atoms with E-state index in [0.717, 1.165) is 13.1 Å². The van der Waals surface area contributed by atoms with Crippen molar-refractivity contribution in [1.29, 1.82) is 0 Å². The van der Waals surface area contributed by atoms with Gasteiger partial charge in [-0.2, -0.15) is 0 Å². The van der Waals surface area contributed by atoms with Gasteiger partial charge in [0.05, 0.1) is 25.9 Å². The van der Waals surface area contributed by atoms with Gasteiger partial charge in [0.1, 0.15) is 0 Å². The average molecular weight is 361 g/mol. The van der Waals surface area contributed by atoms with Crippen LogP contribution in [-0.4, -0.2) is 51.5 Å². The van der Waals surface area contributed by atoms with Gasteiger partial charge in [-0.15, -0.1) is 0 Å². The fourth-order valence-corrected chi connectivity index (χ4v) is 2.15. The summed E-state index contributed by atoms with van der Waals surface area (Å²) in [6.07, 6.45) is 0.657. The minimum atomic E-state index is -0.169. The van der Waals surface area contributed by atoms with Crippen molar-refractivity contribution in [3.05, 3.63) is 0 Å². The molecular formula is C20H44N2O3. The summed E-state index contributed by atoms with van der Waals surface area (Å²) < 4.78 is 11.3. The van der Waals surface area contributed by atoms with E-state index in [0.29, 0.717) is 32.8 Å². The molecule has 0 aliphatic rings. The van der Waals surface area contributed by atoms with Crippen molar-refractivity contribution in [3.63, 3.8) is 0 Å². The summed E-state index contributed by atoms with van der Waals surface area (Å²) in [5, 5.41) is 6.25. The quantitative estimate of drug-likeness (QED) is 0.493. The van der Waals surface area contributed by atoms with Gasteiger partial charge >= 0.3 is 0 Å². The Morgan fingerprint density at radius 3 is 2.12 bits per heavy atom. The van der Waals surface area contributed by atoms with Crippen LogP contribution in [-0.2, 0) is 14.3 Å². The van der Waals surface area contributed by atoms with E-state index < -0.39 is 0 Å². The molecule has 1 amide bonds. The Balaban J connectivity index is 0. The molecule has 5 nitrogen and oxygen atoms in total. The smallest absolute Gasteiger partial charge is 0.220 e. The molecule has 5 heteroatoms.